The van der Waals surface area contributed by atoms with Crippen molar-refractivity contribution in [2.24, 2.45) is 0 Å². The van der Waals surface area contributed by atoms with Gasteiger partial charge >= 0.3 is 0 Å². The van der Waals surface area contributed by atoms with Gasteiger partial charge in [-0.2, -0.15) is 0 Å². The summed E-state index contributed by atoms with van der Waals surface area (Å²) in [6, 6.07) is 0. The Hall–Kier alpha value is -2.30. The van der Waals surface area contributed by atoms with Crippen molar-refractivity contribution in [3.05, 3.63) is 58.2 Å². The van der Waals surface area contributed by atoms with Gasteiger partial charge in [0, 0.05) is 26.4 Å². The van der Waals surface area contributed by atoms with E-state index in [0.717, 1.165) is 142 Å². The molecule has 5 fully saturated rings. The van der Waals surface area contributed by atoms with Crippen molar-refractivity contribution >= 4 is 0 Å². The molecule has 10 heteroatoms. The van der Waals surface area contributed by atoms with E-state index in [1.807, 2.05) is 20.8 Å². The van der Waals surface area contributed by atoms with E-state index in [4.69, 9.17) is 30.1 Å². The van der Waals surface area contributed by atoms with E-state index in [1.165, 1.54) is 27.9 Å². The van der Waals surface area contributed by atoms with Gasteiger partial charge in [-0.25, -0.2) is 0 Å². The lowest BCUT2D eigenvalue weighted by molar-refractivity contribution is -0.0490. The molecule has 5 rings (SSSR count). The second-order valence-corrected chi connectivity index (χ2v) is 17.7. The van der Waals surface area contributed by atoms with Crippen molar-refractivity contribution in [2.45, 2.75) is 245 Å². The first kappa shape index (κ1) is 59.7. The molecule has 0 spiro atoms. The van der Waals surface area contributed by atoms with Crippen molar-refractivity contribution in [3.63, 3.8) is 0 Å². The number of aliphatic hydroxyl groups excluding tert-OH is 5. The highest BCUT2D eigenvalue weighted by Crippen LogP contribution is 2.29. The quantitative estimate of drug-likeness (QED) is 0.0894. The number of terminal acetylenes is 1. The van der Waals surface area contributed by atoms with Crippen molar-refractivity contribution in [2.75, 3.05) is 26.4 Å². The van der Waals surface area contributed by atoms with E-state index in [2.05, 4.69) is 78.0 Å². The Morgan fingerprint density at radius 3 is 0.938 bits per heavy atom. The zero-order valence-corrected chi connectivity index (χ0v) is 41.8. The molecule has 0 aromatic heterocycles. The molecule has 0 heterocycles. The highest BCUT2D eigenvalue weighted by atomic mass is 16.5. The fourth-order valence-corrected chi connectivity index (χ4v) is 8.44. The van der Waals surface area contributed by atoms with E-state index in [-0.39, 0.29) is 54.9 Å². The first-order valence-electron chi connectivity index (χ1n) is 25.1. The predicted molar refractivity (Wildman–Crippen MR) is 262 cm³/mol. The van der Waals surface area contributed by atoms with Crippen LogP contribution in [0.15, 0.2) is 58.2 Å². The lowest BCUT2D eigenvalue weighted by Gasteiger charge is -2.29. The average Bonchev–Trinajstić information content (AvgIpc) is 3.31. The minimum Gasteiger partial charge on any atom is -0.441 e. The normalized spacial score (nSPS) is 32.5. The second-order valence-electron chi connectivity index (χ2n) is 17.7. The lowest BCUT2D eigenvalue weighted by Crippen LogP contribution is -2.33. The Balaban J connectivity index is 0.000000400. The Bertz CT molecular complexity index is 1310. The van der Waals surface area contributed by atoms with E-state index >= 15 is 0 Å². The van der Waals surface area contributed by atoms with Gasteiger partial charge < -0.3 is 49.2 Å². The summed E-state index contributed by atoms with van der Waals surface area (Å²) in [5.41, 5.74) is 6.87. The SMILES string of the molecule is C#COC1CC/C(=C/C)CC1O.C/C=C1/CCC(O)C(OCCC)C1.C/C=C1/CCC(OCCC)C(O)C1.C/C=C1\CCC(O)C(OCCC)C1.C/C=C1\CCC(OCCC)C(O)C1. The summed E-state index contributed by atoms with van der Waals surface area (Å²) in [5, 5.41) is 48.3. The molecule has 5 saturated carbocycles. The topological polar surface area (TPSA) is 147 Å². The summed E-state index contributed by atoms with van der Waals surface area (Å²) in [6.07, 6.45) is 34.1. The highest BCUT2D eigenvalue weighted by Gasteiger charge is 2.29. The summed E-state index contributed by atoms with van der Waals surface area (Å²) in [7, 11) is 0. The third kappa shape index (κ3) is 24.5. The number of aliphatic hydroxyl groups is 5. The van der Waals surface area contributed by atoms with Crippen LogP contribution in [-0.4, -0.2) is 113 Å². The molecule has 0 aromatic rings. The standard InChI is InChI=1S/4C11H20O2.C10H14O2/c2*1-3-7-13-11-6-5-9(4-2)8-10(11)12;2*1-3-7-13-11-8-9(4-2)5-6-10(11)12;1-3-8-5-6-10(12-4-2)9(11)7-8/h4*4,10-12H,3,5-8H2,1-2H3;2-3,9-11H,5-7H2,1H3/b9-4+;9-4-;9-4+;9-4-;8-3-. The Kier molecular flexibility index (Phi) is 34.3. The van der Waals surface area contributed by atoms with Crippen LogP contribution in [0.4, 0.5) is 0 Å². The smallest absolute Gasteiger partial charge is 0.137 e. The number of ether oxygens (including phenoxy) is 5. The van der Waals surface area contributed by atoms with Crippen LogP contribution in [0, 0.1) is 12.5 Å². The molecule has 10 unspecified atom stereocenters. The molecular weight excluding hydrogens is 809 g/mol. The maximum absolute atomic E-state index is 9.73. The molecule has 0 amide bonds. The van der Waals surface area contributed by atoms with Crippen LogP contribution in [0.3, 0.4) is 0 Å². The minimum atomic E-state index is -0.430. The molecule has 5 aliphatic carbocycles. The van der Waals surface area contributed by atoms with E-state index in [9.17, 15) is 25.5 Å². The first-order chi connectivity index (χ1) is 30.9. The molecule has 0 radical (unpaired) electrons. The van der Waals surface area contributed by atoms with Crippen LogP contribution in [0.5, 0.6) is 0 Å². The van der Waals surface area contributed by atoms with E-state index in [0.29, 0.717) is 6.42 Å². The largest absolute Gasteiger partial charge is 0.441 e. The highest BCUT2D eigenvalue weighted by molar-refractivity contribution is 5.10. The number of rotatable bonds is 13. The molecule has 0 aromatic carbocycles. The maximum Gasteiger partial charge on any atom is 0.137 e. The van der Waals surface area contributed by atoms with Crippen molar-refractivity contribution in [1.29, 1.82) is 0 Å². The molecule has 370 valence electrons. The summed E-state index contributed by atoms with van der Waals surface area (Å²) in [6.45, 7) is 21.6. The predicted octanol–water partition coefficient (Wildman–Crippen LogP) is 10.5. The molecule has 10 atom stereocenters. The van der Waals surface area contributed by atoms with Crippen LogP contribution in [-0.2, 0) is 23.7 Å². The Morgan fingerprint density at radius 1 is 0.406 bits per heavy atom. The second kappa shape index (κ2) is 36.8. The maximum atomic E-state index is 9.73. The van der Waals surface area contributed by atoms with E-state index < -0.39 is 6.10 Å². The van der Waals surface area contributed by atoms with Crippen molar-refractivity contribution < 1.29 is 49.2 Å². The average molecular weight is 903 g/mol. The Morgan fingerprint density at radius 2 is 0.672 bits per heavy atom. The molecular formula is C54H94O10. The minimum absolute atomic E-state index is 0.0416. The van der Waals surface area contributed by atoms with Gasteiger partial charge in [0.1, 0.15) is 12.2 Å². The lowest BCUT2D eigenvalue weighted by atomic mass is 9.90. The Labute approximate surface area is 390 Å². The molecule has 0 aliphatic heterocycles. The zero-order chi connectivity index (χ0) is 47.7. The van der Waals surface area contributed by atoms with Crippen LogP contribution < -0.4 is 0 Å². The molecule has 0 bridgehead atoms. The number of hydrogen-bond acceptors (Lipinski definition) is 10. The van der Waals surface area contributed by atoms with Gasteiger partial charge in [-0.05, 0) is 157 Å². The number of hydrogen-bond donors (Lipinski definition) is 5. The van der Waals surface area contributed by atoms with Crippen LogP contribution >= 0.6 is 0 Å². The third-order valence-corrected chi connectivity index (χ3v) is 12.7. The molecule has 10 nitrogen and oxygen atoms in total. The molecule has 64 heavy (non-hydrogen) atoms. The van der Waals surface area contributed by atoms with Crippen molar-refractivity contribution in [1.82, 2.24) is 0 Å². The van der Waals surface area contributed by atoms with Crippen LogP contribution in [0.25, 0.3) is 0 Å². The zero-order valence-electron chi connectivity index (χ0n) is 41.8. The number of allylic oxidation sites excluding steroid dienone is 5. The summed E-state index contributed by atoms with van der Waals surface area (Å²) >= 11 is 0. The summed E-state index contributed by atoms with van der Waals surface area (Å²) in [5.74, 6) is 0. The van der Waals surface area contributed by atoms with Gasteiger partial charge in [-0.15, -0.1) is 0 Å². The van der Waals surface area contributed by atoms with Gasteiger partial charge in [0.2, 0.25) is 0 Å². The van der Waals surface area contributed by atoms with E-state index in [1.54, 1.807) is 0 Å². The van der Waals surface area contributed by atoms with Gasteiger partial charge in [0.25, 0.3) is 0 Å². The molecule has 5 aliphatic rings. The summed E-state index contributed by atoms with van der Waals surface area (Å²) < 4.78 is 27.2. The fourth-order valence-electron chi connectivity index (χ4n) is 8.44. The van der Waals surface area contributed by atoms with Gasteiger partial charge in [0.05, 0.1) is 54.9 Å². The van der Waals surface area contributed by atoms with Gasteiger partial charge in [0.15, 0.2) is 0 Å². The molecule has 0 saturated heterocycles. The molecule has 5 N–H and O–H groups in total. The fraction of sp³-hybridized carbons (Fsp3) is 0.778. The third-order valence-electron chi connectivity index (χ3n) is 12.7. The van der Waals surface area contributed by atoms with Crippen LogP contribution in [0.2, 0.25) is 0 Å². The van der Waals surface area contributed by atoms with Gasteiger partial charge in [-0.3, -0.25) is 0 Å². The van der Waals surface area contributed by atoms with Crippen LogP contribution in [0.1, 0.15) is 184 Å². The summed E-state index contributed by atoms with van der Waals surface area (Å²) in [4.78, 5) is 0. The van der Waals surface area contributed by atoms with Crippen molar-refractivity contribution in [3.8, 4) is 12.5 Å². The first-order valence-corrected chi connectivity index (χ1v) is 25.1. The van der Waals surface area contributed by atoms with Gasteiger partial charge in [-0.1, -0.05) is 92.4 Å². The monoisotopic (exact) mass is 903 g/mol.